The smallest absolute Gasteiger partial charge is 0.237 e. The number of aromatic nitrogens is 3. The number of nitrogens with zero attached hydrogens (tertiary/aromatic N) is 6. The fourth-order valence-corrected chi connectivity index (χ4v) is 4.94. The molecular weight excluding hydrogens is 412 g/mol. The van der Waals surface area contributed by atoms with Crippen LogP contribution in [0.5, 0.6) is 0 Å². The molecule has 1 aromatic carbocycles. The minimum Gasteiger partial charge on any atom is -0.352 e. The zero-order chi connectivity index (χ0) is 22.9. The average molecular weight is 449 g/mol. The lowest BCUT2D eigenvalue weighted by molar-refractivity contribution is 0.277. The molecule has 0 bridgehead atoms. The molecule has 2 fully saturated rings. The fourth-order valence-electron chi connectivity index (χ4n) is 4.94. The van der Waals surface area contributed by atoms with E-state index in [1.54, 1.807) is 0 Å². The molecule has 33 heavy (non-hydrogen) atoms. The minimum absolute atomic E-state index is 0.169. The van der Waals surface area contributed by atoms with Crippen LogP contribution in [-0.4, -0.2) is 58.1 Å². The van der Waals surface area contributed by atoms with Gasteiger partial charge in [-0.15, -0.1) is 0 Å². The Morgan fingerprint density at radius 3 is 2.48 bits per heavy atom. The second-order valence-corrected chi connectivity index (χ2v) is 9.00. The topological polar surface area (TPSA) is 93.0 Å². The first-order valence-corrected chi connectivity index (χ1v) is 12.5. The van der Waals surface area contributed by atoms with E-state index < -0.39 is 0 Å². The lowest BCUT2D eigenvalue weighted by atomic mass is 10.1. The van der Waals surface area contributed by atoms with Crippen LogP contribution in [0.3, 0.4) is 0 Å². The Bertz CT molecular complexity index is 904. The van der Waals surface area contributed by atoms with Crippen LogP contribution < -0.4 is 15.5 Å². The van der Waals surface area contributed by atoms with Crippen LogP contribution >= 0.6 is 0 Å². The van der Waals surface area contributed by atoms with Crippen molar-refractivity contribution in [1.29, 1.82) is 5.26 Å². The first-order valence-electron chi connectivity index (χ1n) is 12.5. The van der Waals surface area contributed by atoms with Crippen molar-refractivity contribution in [2.75, 3.05) is 41.7 Å². The second kappa shape index (κ2) is 11.8. The lowest BCUT2D eigenvalue weighted by Crippen LogP contribution is -2.35. The van der Waals surface area contributed by atoms with E-state index >= 15 is 0 Å². The van der Waals surface area contributed by atoms with E-state index in [0.717, 1.165) is 38.2 Å². The number of likely N-dealkylation sites (tertiary alicyclic amines) is 1. The van der Waals surface area contributed by atoms with E-state index in [9.17, 15) is 5.26 Å². The standard InChI is InChI=1S/C25H36N8/c1-2-32-17-10-15-22(32)19-27-23-29-24(28-20-11-6-3-4-7-12-20)31-25(30-23)33(18-16-26)21-13-8-5-9-14-21/h5,8-9,13-14,20,22H,2-4,6-7,10-12,15,17-19H2,1H3,(H2,27,28,29,30,31)/t22-/m0/s1. The summed E-state index contributed by atoms with van der Waals surface area (Å²) >= 11 is 0. The zero-order valence-corrected chi connectivity index (χ0v) is 19.7. The Labute approximate surface area is 197 Å². The van der Waals surface area contributed by atoms with Gasteiger partial charge >= 0.3 is 0 Å². The SMILES string of the molecule is CCN1CCC[C@H]1CNc1nc(NC2CCCCCC2)nc(N(CC#N)c2ccccc2)n1. The molecule has 8 nitrogen and oxygen atoms in total. The zero-order valence-electron chi connectivity index (χ0n) is 19.7. The molecule has 1 atom stereocenters. The van der Waals surface area contributed by atoms with Crippen LogP contribution in [0.25, 0.3) is 0 Å². The highest BCUT2D eigenvalue weighted by molar-refractivity contribution is 5.60. The normalized spacial score (nSPS) is 19.6. The van der Waals surface area contributed by atoms with Gasteiger partial charge in [0, 0.05) is 24.3 Å². The molecule has 1 saturated carbocycles. The van der Waals surface area contributed by atoms with Gasteiger partial charge in [-0.25, -0.2) is 0 Å². The third-order valence-electron chi connectivity index (χ3n) is 6.75. The Hall–Kier alpha value is -2.92. The average Bonchev–Trinajstić information content (AvgIpc) is 3.16. The highest BCUT2D eigenvalue weighted by Crippen LogP contribution is 2.25. The van der Waals surface area contributed by atoms with E-state index in [1.165, 1.54) is 38.5 Å². The molecule has 0 unspecified atom stereocenters. The van der Waals surface area contributed by atoms with Crippen LogP contribution in [0.2, 0.25) is 0 Å². The fraction of sp³-hybridized carbons (Fsp3) is 0.600. The van der Waals surface area contributed by atoms with E-state index in [1.807, 2.05) is 35.2 Å². The summed E-state index contributed by atoms with van der Waals surface area (Å²) < 4.78 is 0. The van der Waals surface area contributed by atoms with Gasteiger partial charge in [-0.2, -0.15) is 20.2 Å². The summed E-state index contributed by atoms with van der Waals surface area (Å²) in [6.07, 6.45) is 9.77. The number of rotatable bonds is 9. The summed E-state index contributed by atoms with van der Waals surface area (Å²) in [5.74, 6) is 1.65. The number of benzene rings is 1. The maximum absolute atomic E-state index is 9.49. The predicted molar refractivity (Wildman–Crippen MR) is 133 cm³/mol. The first-order chi connectivity index (χ1) is 16.3. The number of para-hydroxylation sites is 1. The van der Waals surface area contributed by atoms with E-state index in [0.29, 0.717) is 29.9 Å². The molecule has 1 aliphatic heterocycles. The summed E-state index contributed by atoms with van der Waals surface area (Å²) in [6, 6.07) is 13.0. The van der Waals surface area contributed by atoms with Gasteiger partial charge in [-0.1, -0.05) is 50.8 Å². The van der Waals surface area contributed by atoms with Crippen molar-refractivity contribution in [2.45, 2.75) is 70.4 Å². The molecule has 0 amide bonds. The van der Waals surface area contributed by atoms with Crippen molar-refractivity contribution < 1.29 is 0 Å². The summed E-state index contributed by atoms with van der Waals surface area (Å²) in [4.78, 5) is 18.6. The summed E-state index contributed by atoms with van der Waals surface area (Å²) in [5, 5.41) is 16.5. The Balaban J connectivity index is 1.59. The van der Waals surface area contributed by atoms with Gasteiger partial charge in [0.25, 0.3) is 0 Å². The maximum Gasteiger partial charge on any atom is 0.237 e. The predicted octanol–water partition coefficient (Wildman–Crippen LogP) is 4.56. The molecule has 2 heterocycles. The van der Waals surface area contributed by atoms with Crippen molar-refractivity contribution >= 4 is 23.5 Å². The molecule has 176 valence electrons. The number of likely N-dealkylation sites (N-methyl/N-ethyl adjacent to an activating group) is 1. The molecule has 1 aromatic heterocycles. The number of hydrogen-bond acceptors (Lipinski definition) is 8. The molecule has 8 heteroatoms. The van der Waals surface area contributed by atoms with Crippen molar-refractivity contribution in [1.82, 2.24) is 19.9 Å². The molecule has 2 aromatic rings. The lowest BCUT2D eigenvalue weighted by Gasteiger charge is -2.24. The molecular formula is C25H36N8. The van der Waals surface area contributed by atoms with Gasteiger partial charge < -0.3 is 10.6 Å². The van der Waals surface area contributed by atoms with Gasteiger partial charge in [0.2, 0.25) is 17.8 Å². The largest absolute Gasteiger partial charge is 0.352 e. The van der Waals surface area contributed by atoms with Crippen molar-refractivity contribution in [3.05, 3.63) is 30.3 Å². The quantitative estimate of drug-likeness (QED) is 0.426. The molecule has 1 saturated heterocycles. The number of nitriles is 1. The van der Waals surface area contributed by atoms with Crippen molar-refractivity contribution in [3.8, 4) is 6.07 Å². The molecule has 1 aliphatic carbocycles. The number of hydrogen-bond donors (Lipinski definition) is 2. The van der Waals surface area contributed by atoms with Crippen molar-refractivity contribution in [3.63, 3.8) is 0 Å². The highest BCUT2D eigenvalue weighted by Gasteiger charge is 2.24. The Morgan fingerprint density at radius 2 is 1.76 bits per heavy atom. The van der Waals surface area contributed by atoms with Gasteiger partial charge in [0.15, 0.2) is 0 Å². The van der Waals surface area contributed by atoms with E-state index in [2.05, 4.69) is 28.5 Å². The first kappa shape index (κ1) is 23.2. The molecule has 0 spiro atoms. The molecule has 4 rings (SSSR count). The van der Waals surface area contributed by atoms with Gasteiger partial charge in [0.1, 0.15) is 6.54 Å². The van der Waals surface area contributed by atoms with Gasteiger partial charge in [0.05, 0.1) is 6.07 Å². The molecule has 2 N–H and O–H groups in total. The van der Waals surface area contributed by atoms with Crippen LogP contribution in [0, 0.1) is 11.3 Å². The van der Waals surface area contributed by atoms with Gasteiger partial charge in [-0.05, 0) is 50.9 Å². The second-order valence-electron chi connectivity index (χ2n) is 9.00. The van der Waals surface area contributed by atoms with Crippen LogP contribution in [0.4, 0.5) is 23.5 Å². The van der Waals surface area contributed by atoms with Crippen LogP contribution in [0.15, 0.2) is 30.3 Å². The summed E-state index contributed by atoms with van der Waals surface area (Å²) in [5.41, 5.74) is 0.893. The third-order valence-corrected chi connectivity index (χ3v) is 6.75. The highest BCUT2D eigenvalue weighted by atomic mass is 15.3. The summed E-state index contributed by atoms with van der Waals surface area (Å²) in [6.45, 7) is 5.41. The van der Waals surface area contributed by atoms with Crippen LogP contribution in [0.1, 0.15) is 58.3 Å². The number of anilines is 4. The molecule has 2 aliphatic rings. The van der Waals surface area contributed by atoms with E-state index in [-0.39, 0.29) is 6.54 Å². The van der Waals surface area contributed by atoms with Crippen molar-refractivity contribution in [2.24, 2.45) is 0 Å². The van der Waals surface area contributed by atoms with Crippen LogP contribution in [-0.2, 0) is 0 Å². The third kappa shape index (κ3) is 6.32. The monoisotopic (exact) mass is 448 g/mol. The van der Waals surface area contributed by atoms with E-state index in [4.69, 9.17) is 15.0 Å². The molecule has 0 radical (unpaired) electrons. The minimum atomic E-state index is 0.169. The Kier molecular flexibility index (Phi) is 8.31. The number of nitrogens with one attached hydrogen (secondary N) is 2. The Morgan fingerprint density at radius 1 is 1.00 bits per heavy atom. The van der Waals surface area contributed by atoms with Gasteiger partial charge in [-0.3, -0.25) is 9.80 Å². The summed E-state index contributed by atoms with van der Waals surface area (Å²) in [7, 11) is 0. The maximum atomic E-state index is 9.49.